The molecule has 1 saturated heterocycles. The van der Waals surface area contributed by atoms with E-state index in [9.17, 15) is 9.90 Å². The summed E-state index contributed by atoms with van der Waals surface area (Å²) in [7, 11) is 0. The fourth-order valence-electron chi connectivity index (χ4n) is 2.29. The summed E-state index contributed by atoms with van der Waals surface area (Å²) in [5.74, 6) is 0.136. The van der Waals surface area contributed by atoms with Crippen LogP contribution in [0.1, 0.15) is 52.4 Å². The summed E-state index contributed by atoms with van der Waals surface area (Å²) >= 11 is 0. The Bertz CT molecular complexity index is 206. The largest absolute Gasteiger partial charge is 0.391 e. The third-order valence-electron chi connectivity index (χ3n) is 3.09. The van der Waals surface area contributed by atoms with Gasteiger partial charge in [-0.05, 0) is 12.8 Å². The van der Waals surface area contributed by atoms with Gasteiger partial charge in [0.15, 0.2) is 0 Å². The van der Waals surface area contributed by atoms with Gasteiger partial charge in [-0.15, -0.1) is 0 Å². The number of hydrogen-bond donors (Lipinski definition) is 1. The molecule has 0 aromatic carbocycles. The molecule has 0 aliphatic carbocycles. The first-order chi connectivity index (χ1) is 7.19. The van der Waals surface area contributed by atoms with Gasteiger partial charge in [-0.25, -0.2) is 0 Å². The number of likely N-dealkylation sites (tertiary alicyclic amines) is 1. The number of aliphatic hydroxyl groups excluding tert-OH is 1. The molecule has 1 amide bonds. The van der Waals surface area contributed by atoms with Gasteiger partial charge in [0, 0.05) is 12.6 Å². The molecule has 0 saturated carbocycles. The zero-order valence-corrected chi connectivity index (χ0v) is 9.91. The number of unbranched alkanes of at least 4 members (excludes halogenated alkanes) is 1. The van der Waals surface area contributed by atoms with E-state index in [1.54, 1.807) is 0 Å². The Morgan fingerprint density at radius 2 is 2.13 bits per heavy atom. The smallest absolute Gasteiger partial charge is 0.225 e. The molecule has 2 unspecified atom stereocenters. The maximum atomic E-state index is 11.6. The summed E-state index contributed by atoms with van der Waals surface area (Å²) in [4.78, 5) is 13.5. The van der Waals surface area contributed by atoms with Gasteiger partial charge in [-0.3, -0.25) is 4.79 Å². The van der Waals surface area contributed by atoms with Crippen molar-refractivity contribution in [2.24, 2.45) is 0 Å². The van der Waals surface area contributed by atoms with E-state index in [4.69, 9.17) is 0 Å². The lowest BCUT2D eigenvalue weighted by atomic mass is 10.0. The van der Waals surface area contributed by atoms with E-state index >= 15 is 0 Å². The van der Waals surface area contributed by atoms with Gasteiger partial charge in [0.1, 0.15) is 0 Å². The van der Waals surface area contributed by atoms with E-state index in [1.807, 2.05) is 4.90 Å². The molecule has 1 heterocycles. The number of carbonyl (C=O) groups excluding carboxylic acids is 1. The Balaban J connectivity index is 2.50. The SMILES string of the molecule is CCCCC(CCC)N1CC(O)CC1=O. The quantitative estimate of drug-likeness (QED) is 0.732. The molecule has 1 fully saturated rings. The molecular formula is C12H23NO2. The van der Waals surface area contributed by atoms with Crippen LogP contribution in [0, 0.1) is 0 Å². The molecule has 15 heavy (non-hydrogen) atoms. The zero-order valence-electron chi connectivity index (χ0n) is 9.91. The van der Waals surface area contributed by atoms with E-state index in [0.717, 1.165) is 19.3 Å². The van der Waals surface area contributed by atoms with Gasteiger partial charge in [0.25, 0.3) is 0 Å². The van der Waals surface area contributed by atoms with Crippen molar-refractivity contribution < 1.29 is 9.90 Å². The van der Waals surface area contributed by atoms with Crippen LogP contribution in [-0.4, -0.2) is 34.6 Å². The summed E-state index contributed by atoms with van der Waals surface area (Å²) in [6.07, 6.45) is 5.50. The van der Waals surface area contributed by atoms with Crippen LogP contribution in [-0.2, 0) is 4.79 Å². The van der Waals surface area contributed by atoms with Crippen LogP contribution in [0.2, 0.25) is 0 Å². The highest BCUT2D eigenvalue weighted by molar-refractivity contribution is 5.79. The third kappa shape index (κ3) is 3.49. The van der Waals surface area contributed by atoms with Crippen molar-refractivity contribution in [2.75, 3.05) is 6.54 Å². The molecule has 2 atom stereocenters. The molecule has 0 aromatic heterocycles. The topological polar surface area (TPSA) is 40.5 Å². The lowest BCUT2D eigenvalue weighted by molar-refractivity contribution is -0.130. The fourth-order valence-corrected chi connectivity index (χ4v) is 2.29. The average Bonchev–Trinajstić information content (AvgIpc) is 2.52. The van der Waals surface area contributed by atoms with Gasteiger partial charge in [0.05, 0.1) is 12.5 Å². The van der Waals surface area contributed by atoms with Crippen molar-refractivity contribution in [3.63, 3.8) is 0 Å². The van der Waals surface area contributed by atoms with Crippen molar-refractivity contribution >= 4 is 5.91 Å². The number of aliphatic hydroxyl groups is 1. The molecule has 88 valence electrons. The van der Waals surface area contributed by atoms with Gasteiger partial charge in [-0.1, -0.05) is 33.1 Å². The number of carbonyl (C=O) groups is 1. The molecule has 1 N–H and O–H groups in total. The van der Waals surface area contributed by atoms with Gasteiger partial charge < -0.3 is 10.0 Å². The van der Waals surface area contributed by atoms with Crippen LogP contribution in [0.4, 0.5) is 0 Å². The average molecular weight is 213 g/mol. The standard InChI is InChI=1S/C12H23NO2/c1-3-5-7-10(6-4-2)13-9-11(14)8-12(13)15/h10-11,14H,3-9H2,1-2H3. The number of nitrogens with zero attached hydrogens (tertiary/aromatic N) is 1. The van der Waals surface area contributed by atoms with Crippen LogP contribution in [0.25, 0.3) is 0 Å². The molecule has 1 rings (SSSR count). The van der Waals surface area contributed by atoms with Crippen LogP contribution >= 0.6 is 0 Å². The first-order valence-electron chi connectivity index (χ1n) is 6.16. The van der Waals surface area contributed by atoms with Crippen molar-refractivity contribution in [3.05, 3.63) is 0 Å². The zero-order chi connectivity index (χ0) is 11.3. The van der Waals surface area contributed by atoms with E-state index in [2.05, 4.69) is 13.8 Å². The molecule has 0 bridgehead atoms. The van der Waals surface area contributed by atoms with Crippen LogP contribution in [0.15, 0.2) is 0 Å². The molecule has 0 aromatic rings. The van der Waals surface area contributed by atoms with Crippen molar-refractivity contribution in [2.45, 2.75) is 64.5 Å². The van der Waals surface area contributed by atoms with E-state index in [1.165, 1.54) is 12.8 Å². The van der Waals surface area contributed by atoms with Crippen molar-refractivity contribution in [3.8, 4) is 0 Å². The summed E-state index contributed by atoms with van der Waals surface area (Å²) < 4.78 is 0. The molecule has 1 aliphatic heterocycles. The molecule has 3 nitrogen and oxygen atoms in total. The Labute approximate surface area is 92.5 Å². The second-order valence-corrected chi connectivity index (χ2v) is 4.49. The molecule has 1 aliphatic rings. The Morgan fingerprint density at radius 1 is 1.40 bits per heavy atom. The summed E-state index contributed by atoms with van der Waals surface area (Å²) in [5.41, 5.74) is 0. The normalized spacial score (nSPS) is 23.5. The lowest BCUT2D eigenvalue weighted by Crippen LogP contribution is -2.37. The van der Waals surface area contributed by atoms with Crippen LogP contribution in [0.3, 0.4) is 0 Å². The van der Waals surface area contributed by atoms with E-state index in [0.29, 0.717) is 19.0 Å². The summed E-state index contributed by atoms with van der Waals surface area (Å²) in [6.45, 7) is 4.87. The highest BCUT2D eigenvalue weighted by Crippen LogP contribution is 2.21. The first-order valence-corrected chi connectivity index (χ1v) is 6.16. The van der Waals surface area contributed by atoms with E-state index in [-0.39, 0.29) is 5.91 Å². The van der Waals surface area contributed by atoms with E-state index < -0.39 is 6.10 Å². The number of amides is 1. The summed E-state index contributed by atoms with van der Waals surface area (Å²) in [5, 5.41) is 9.45. The Kier molecular flexibility index (Phi) is 5.09. The van der Waals surface area contributed by atoms with Gasteiger partial charge in [-0.2, -0.15) is 0 Å². The predicted molar refractivity (Wildman–Crippen MR) is 60.6 cm³/mol. The van der Waals surface area contributed by atoms with Crippen molar-refractivity contribution in [1.82, 2.24) is 4.90 Å². The second kappa shape index (κ2) is 6.11. The van der Waals surface area contributed by atoms with Crippen LogP contribution < -0.4 is 0 Å². The van der Waals surface area contributed by atoms with Crippen molar-refractivity contribution in [1.29, 1.82) is 0 Å². The Morgan fingerprint density at radius 3 is 2.60 bits per heavy atom. The maximum Gasteiger partial charge on any atom is 0.225 e. The molecular weight excluding hydrogens is 190 g/mol. The molecule has 0 spiro atoms. The molecule has 0 radical (unpaired) electrons. The fraction of sp³-hybridized carbons (Fsp3) is 0.917. The minimum Gasteiger partial charge on any atom is -0.391 e. The second-order valence-electron chi connectivity index (χ2n) is 4.49. The predicted octanol–water partition coefficient (Wildman–Crippen LogP) is 1.94. The maximum absolute atomic E-state index is 11.6. The van der Waals surface area contributed by atoms with Gasteiger partial charge >= 0.3 is 0 Å². The van der Waals surface area contributed by atoms with Crippen LogP contribution in [0.5, 0.6) is 0 Å². The third-order valence-corrected chi connectivity index (χ3v) is 3.09. The number of hydrogen-bond acceptors (Lipinski definition) is 2. The Hall–Kier alpha value is -0.570. The monoisotopic (exact) mass is 213 g/mol. The number of β-amino-alcohol motifs (C(OH)–C–C–N with tert-alkyl or cyclic N) is 1. The minimum absolute atomic E-state index is 0.136. The highest BCUT2D eigenvalue weighted by Gasteiger charge is 2.32. The highest BCUT2D eigenvalue weighted by atomic mass is 16.3. The minimum atomic E-state index is -0.432. The van der Waals surface area contributed by atoms with Gasteiger partial charge in [0.2, 0.25) is 5.91 Å². The number of rotatable bonds is 6. The molecule has 3 heteroatoms. The summed E-state index contributed by atoms with van der Waals surface area (Å²) in [6, 6.07) is 0.361. The first kappa shape index (κ1) is 12.5. The lowest BCUT2D eigenvalue weighted by Gasteiger charge is -2.27.